The summed E-state index contributed by atoms with van der Waals surface area (Å²) >= 11 is 1.90. The van der Waals surface area contributed by atoms with Gasteiger partial charge in [0.25, 0.3) is 0 Å². The second kappa shape index (κ2) is 9.42. The van der Waals surface area contributed by atoms with E-state index in [-0.39, 0.29) is 0 Å². The number of hydrogen-bond acceptors (Lipinski definition) is 1. The van der Waals surface area contributed by atoms with Crippen molar-refractivity contribution in [3.05, 3.63) is 151 Å². The van der Waals surface area contributed by atoms with Crippen LogP contribution in [0.2, 0.25) is 0 Å². The lowest BCUT2D eigenvalue weighted by atomic mass is 9.97. The van der Waals surface area contributed by atoms with E-state index in [4.69, 9.17) is 0 Å². The normalized spacial score (nSPS) is 11.8. The van der Waals surface area contributed by atoms with Crippen molar-refractivity contribution >= 4 is 64.1 Å². The molecule has 2 aromatic heterocycles. The molecule has 0 N–H and O–H groups in total. The number of nitrogens with zero attached hydrogens (tertiary/aromatic N) is 1. The Morgan fingerprint density at radius 3 is 2.02 bits per heavy atom. The maximum absolute atomic E-state index is 2.43. The minimum atomic E-state index is 1.18. The number of aryl methyl sites for hydroxylation is 1. The molecule has 0 spiro atoms. The Balaban J connectivity index is 1.31. The van der Waals surface area contributed by atoms with Gasteiger partial charge >= 0.3 is 0 Å². The van der Waals surface area contributed by atoms with Gasteiger partial charge < -0.3 is 4.57 Å². The average Bonchev–Trinajstić information content (AvgIpc) is 3.60. The van der Waals surface area contributed by atoms with Crippen LogP contribution in [0.4, 0.5) is 0 Å². The van der Waals surface area contributed by atoms with E-state index in [2.05, 4.69) is 157 Å². The van der Waals surface area contributed by atoms with E-state index in [1.165, 1.54) is 86.3 Å². The maximum Gasteiger partial charge on any atom is 0.0547 e. The van der Waals surface area contributed by atoms with Crippen LogP contribution in [0, 0.1) is 6.92 Å². The lowest BCUT2D eigenvalue weighted by Gasteiger charge is -2.09. The van der Waals surface area contributed by atoms with Gasteiger partial charge in [0, 0.05) is 42.0 Å². The Labute approximate surface area is 253 Å². The highest BCUT2D eigenvalue weighted by atomic mass is 32.1. The largest absolute Gasteiger partial charge is 0.309 e. The average molecular weight is 566 g/mol. The molecule has 0 aliphatic carbocycles. The Bertz CT molecular complexity index is 2500. The first kappa shape index (κ1) is 24.4. The molecule has 0 fully saturated rings. The molecule has 0 aliphatic heterocycles. The number of thiophene rings is 1. The molecular formula is C41H27NS. The SMILES string of the molecule is Cc1ccc(-c2cccc(-c3ccc4c(c3)c3cc5ccc6c7ccccc7sc6c5cc3n4-c3ccccc3)c2)cc1. The first-order valence-electron chi connectivity index (χ1n) is 14.8. The number of rotatable bonds is 3. The summed E-state index contributed by atoms with van der Waals surface area (Å²) in [6.45, 7) is 2.13. The van der Waals surface area contributed by atoms with Crippen LogP contribution in [0.1, 0.15) is 5.56 Å². The molecule has 9 aromatic rings. The second-order valence-electron chi connectivity index (χ2n) is 11.5. The van der Waals surface area contributed by atoms with Crippen molar-refractivity contribution in [1.82, 2.24) is 4.57 Å². The fourth-order valence-corrected chi connectivity index (χ4v) is 7.91. The van der Waals surface area contributed by atoms with Crippen molar-refractivity contribution in [3.8, 4) is 27.9 Å². The molecule has 2 heteroatoms. The van der Waals surface area contributed by atoms with Gasteiger partial charge in [0.2, 0.25) is 0 Å². The van der Waals surface area contributed by atoms with Crippen LogP contribution < -0.4 is 0 Å². The molecule has 0 atom stereocenters. The lowest BCUT2D eigenvalue weighted by Crippen LogP contribution is -1.93. The van der Waals surface area contributed by atoms with Gasteiger partial charge in [-0.3, -0.25) is 0 Å². The summed E-state index contributed by atoms with van der Waals surface area (Å²) in [6, 6.07) is 53.6. The summed E-state index contributed by atoms with van der Waals surface area (Å²) in [7, 11) is 0. The van der Waals surface area contributed by atoms with Crippen molar-refractivity contribution in [1.29, 1.82) is 0 Å². The predicted octanol–water partition coefficient (Wildman–Crippen LogP) is 11.9. The Morgan fingerprint density at radius 1 is 0.442 bits per heavy atom. The van der Waals surface area contributed by atoms with E-state index in [0.29, 0.717) is 0 Å². The molecule has 0 amide bonds. The molecule has 202 valence electrons. The zero-order valence-electron chi connectivity index (χ0n) is 23.7. The number of fused-ring (bicyclic) bond motifs is 8. The summed E-state index contributed by atoms with van der Waals surface area (Å²) in [5.74, 6) is 0. The smallest absolute Gasteiger partial charge is 0.0547 e. The minimum Gasteiger partial charge on any atom is -0.309 e. The van der Waals surface area contributed by atoms with Crippen LogP contribution in [0.3, 0.4) is 0 Å². The molecule has 0 unspecified atom stereocenters. The fourth-order valence-electron chi connectivity index (χ4n) is 6.68. The molecule has 0 saturated carbocycles. The summed E-state index contributed by atoms with van der Waals surface area (Å²) in [5.41, 5.74) is 9.87. The highest BCUT2D eigenvalue weighted by molar-refractivity contribution is 7.26. The van der Waals surface area contributed by atoms with Gasteiger partial charge in [-0.1, -0.05) is 103 Å². The maximum atomic E-state index is 2.43. The Morgan fingerprint density at radius 2 is 1.16 bits per heavy atom. The topological polar surface area (TPSA) is 4.93 Å². The summed E-state index contributed by atoms with van der Waals surface area (Å²) < 4.78 is 5.13. The van der Waals surface area contributed by atoms with Gasteiger partial charge in [-0.05, 0) is 83.1 Å². The molecule has 0 saturated heterocycles. The highest BCUT2D eigenvalue weighted by Gasteiger charge is 2.17. The van der Waals surface area contributed by atoms with E-state index < -0.39 is 0 Å². The standard InChI is InChI=1S/C41H27NS/c1-26-14-16-27(17-15-26)28-8-7-9-29(22-28)30-19-21-38-36(23-30)37-24-31-18-20-34-33-12-5-6-13-40(33)43-41(34)35(31)25-39(37)42(38)32-10-3-2-4-11-32/h2-25H,1H3. The Hall–Kier alpha value is -5.18. The fraction of sp³-hybridized carbons (Fsp3) is 0.0244. The number of benzene rings is 7. The van der Waals surface area contributed by atoms with Crippen LogP contribution in [0.15, 0.2) is 146 Å². The van der Waals surface area contributed by atoms with E-state index >= 15 is 0 Å². The predicted molar refractivity (Wildman–Crippen MR) is 187 cm³/mol. The number of para-hydroxylation sites is 1. The van der Waals surface area contributed by atoms with Gasteiger partial charge in [-0.25, -0.2) is 0 Å². The van der Waals surface area contributed by atoms with E-state index in [0.717, 1.165) is 0 Å². The van der Waals surface area contributed by atoms with Gasteiger partial charge in [-0.15, -0.1) is 11.3 Å². The van der Waals surface area contributed by atoms with Crippen molar-refractivity contribution in [2.75, 3.05) is 0 Å². The van der Waals surface area contributed by atoms with Crippen molar-refractivity contribution in [2.24, 2.45) is 0 Å². The Kier molecular flexibility index (Phi) is 5.35. The quantitative estimate of drug-likeness (QED) is 0.201. The minimum absolute atomic E-state index is 1.18. The van der Waals surface area contributed by atoms with Gasteiger partial charge in [0.1, 0.15) is 0 Å². The van der Waals surface area contributed by atoms with Gasteiger partial charge in [0.15, 0.2) is 0 Å². The molecule has 43 heavy (non-hydrogen) atoms. The van der Waals surface area contributed by atoms with Crippen LogP contribution in [-0.2, 0) is 0 Å². The zero-order valence-corrected chi connectivity index (χ0v) is 24.5. The lowest BCUT2D eigenvalue weighted by molar-refractivity contribution is 1.18. The summed E-state index contributed by atoms with van der Waals surface area (Å²) in [6.07, 6.45) is 0. The molecule has 1 nitrogen and oxygen atoms in total. The van der Waals surface area contributed by atoms with E-state index in [1.807, 2.05) is 11.3 Å². The van der Waals surface area contributed by atoms with Gasteiger partial charge in [0.05, 0.1) is 11.0 Å². The third-order valence-electron chi connectivity index (χ3n) is 8.84. The third kappa shape index (κ3) is 3.84. The zero-order chi connectivity index (χ0) is 28.5. The molecule has 0 radical (unpaired) electrons. The molecule has 0 aliphatic rings. The first-order chi connectivity index (χ1) is 21.2. The molecule has 0 bridgehead atoms. The van der Waals surface area contributed by atoms with E-state index in [9.17, 15) is 0 Å². The van der Waals surface area contributed by atoms with Crippen LogP contribution >= 0.6 is 11.3 Å². The summed E-state index contributed by atoms with van der Waals surface area (Å²) in [4.78, 5) is 0. The van der Waals surface area contributed by atoms with Crippen LogP contribution in [-0.4, -0.2) is 4.57 Å². The molecule has 9 rings (SSSR count). The highest BCUT2D eigenvalue weighted by Crippen LogP contribution is 2.42. The van der Waals surface area contributed by atoms with Crippen LogP contribution in [0.5, 0.6) is 0 Å². The third-order valence-corrected chi connectivity index (χ3v) is 10.1. The summed E-state index contributed by atoms with van der Waals surface area (Å²) in [5, 5.41) is 7.83. The van der Waals surface area contributed by atoms with Gasteiger partial charge in [-0.2, -0.15) is 0 Å². The van der Waals surface area contributed by atoms with Crippen molar-refractivity contribution in [3.63, 3.8) is 0 Å². The van der Waals surface area contributed by atoms with Crippen LogP contribution in [0.25, 0.3) is 80.7 Å². The monoisotopic (exact) mass is 565 g/mol. The molecule has 2 heterocycles. The number of aromatic nitrogens is 1. The van der Waals surface area contributed by atoms with Crippen molar-refractivity contribution in [2.45, 2.75) is 6.92 Å². The van der Waals surface area contributed by atoms with E-state index in [1.54, 1.807) is 0 Å². The second-order valence-corrected chi connectivity index (χ2v) is 12.5. The molecular weight excluding hydrogens is 539 g/mol. The molecule has 7 aromatic carbocycles. The van der Waals surface area contributed by atoms with Crippen molar-refractivity contribution < 1.29 is 0 Å². The first-order valence-corrected chi connectivity index (χ1v) is 15.6. The number of hydrogen-bond donors (Lipinski definition) is 0.